The number of aromatic nitrogens is 3. The highest BCUT2D eigenvalue weighted by Crippen LogP contribution is 2.41. The lowest BCUT2D eigenvalue weighted by atomic mass is 9.85. The highest BCUT2D eigenvalue weighted by Gasteiger charge is 2.36. The standard InChI is InChI=1S/C23H22N4O3/c1-29-16-11-9-14(10-12-16)21-20-18(7-4-8-19(20)28)24-23-25-22(26-27(21)23)15-5-3-6-17(13-15)30-2/h3,5-6,9-13,21H,4,7-8H2,1-2H3,(H,24,25,26)/t21-/m0/s1. The number of hydrogen-bond acceptors (Lipinski definition) is 6. The molecule has 2 aromatic carbocycles. The molecule has 5 rings (SSSR count). The minimum Gasteiger partial charge on any atom is -0.497 e. The maximum Gasteiger partial charge on any atom is 0.226 e. The zero-order chi connectivity index (χ0) is 20.7. The van der Waals surface area contributed by atoms with Crippen LogP contribution >= 0.6 is 0 Å². The number of allylic oxidation sites excluding steroid dienone is 2. The van der Waals surface area contributed by atoms with Crippen LogP contribution in [0.25, 0.3) is 11.4 Å². The number of fused-ring (bicyclic) bond motifs is 1. The third kappa shape index (κ3) is 3.03. The van der Waals surface area contributed by atoms with E-state index in [4.69, 9.17) is 19.6 Å². The highest BCUT2D eigenvalue weighted by molar-refractivity contribution is 5.99. The van der Waals surface area contributed by atoms with E-state index in [1.54, 1.807) is 14.2 Å². The largest absolute Gasteiger partial charge is 0.497 e. The minimum absolute atomic E-state index is 0.161. The maximum absolute atomic E-state index is 12.9. The predicted octanol–water partition coefficient (Wildman–Crippen LogP) is 3.98. The summed E-state index contributed by atoms with van der Waals surface area (Å²) in [7, 11) is 3.27. The Balaban J connectivity index is 1.64. The van der Waals surface area contributed by atoms with Gasteiger partial charge in [0.1, 0.15) is 17.5 Å². The molecule has 2 aliphatic rings. The Morgan fingerprint density at radius 2 is 1.83 bits per heavy atom. The maximum atomic E-state index is 12.9. The number of ether oxygens (including phenoxy) is 2. The van der Waals surface area contributed by atoms with Crippen LogP contribution in [0.2, 0.25) is 0 Å². The van der Waals surface area contributed by atoms with E-state index in [0.717, 1.165) is 46.7 Å². The van der Waals surface area contributed by atoms with E-state index in [0.29, 0.717) is 18.2 Å². The van der Waals surface area contributed by atoms with E-state index in [1.807, 2.05) is 53.2 Å². The zero-order valence-electron chi connectivity index (χ0n) is 16.9. The van der Waals surface area contributed by atoms with Crippen molar-refractivity contribution < 1.29 is 14.3 Å². The molecule has 0 fully saturated rings. The van der Waals surface area contributed by atoms with Gasteiger partial charge in [-0.2, -0.15) is 4.98 Å². The lowest BCUT2D eigenvalue weighted by Gasteiger charge is -2.32. The van der Waals surface area contributed by atoms with E-state index >= 15 is 0 Å². The van der Waals surface area contributed by atoms with Crippen LogP contribution in [0.15, 0.2) is 59.8 Å². The van der Waals surface area contributed by atoms with Crippen molar-refractivity contribution in [3.05, 3.63) is 65.4 Å². The molecule has 1 aromatic heterocycles. The second-order valence-corrected chi connectivity index (χ2v) is 7.41. The van der Waals surface area contributed by atoms with Gasteiger partial charge in [0.25, 0.3) is 0 Å². The van der Waals surface area contributed by atoms with Gasteiger partial charge in [-0.1, -0.05) is 24.3 Å². The van der Waals surface area contributed by atoms with E-state index in [2.05, 4.69) is 5.32 Å². The average molecular weight is 402 g/mol. The summed E-state index contributed by atoms with van der Waals surface area (Å²) in [5.41, 5.74) is 3.56. The molecule has 152 valence electrons. The molecule has 0 spiro atoms. The van der Waals surface area contributed by atoms with Gasteiger partial charge in [0.15, 0.2) is 11.6 Å². The molecule has 0 saturated carbocycles. The summed E-state index contributed by atoms with van der Waals surface area (Å²) >= 11 is 0. The molecule has 1 atom stereocenters. The molecule has 0 saturated heterocycles. The summed E-state index contributed by atoms with van der Waals surface area (Å²) in [5, 5.41) is 8.15. The fraction of sp³-hybridized carbons (Fsp3) is 0.261. The quantitative estimate of drug-likeness (QED) is 0.711. The number of ketones is 1. The van der Waals surface area contributed by atoms with Crippen LogP contribution in [0.1, 0.15) is 30.9 Å². The second kappa shape index (κ2) is 7.33. The summed E-state index contributed by atoms with van der Waals surface area (Å²) in [6, 6.07) is 15.1. The van der Waals surface area contributed by atoms with E-state index < -0.39 is 0 Å². The summed E-state index contributed by atoms with van der Waals surface area (Å²) in [6.45, 7) is 0. The van der Waals surface area contributed by atoms with Crippen LogP contribution in [0.4, 0.5) is 5.95 Å². The van der Waals surface area contributed by atoms with Crippen LogP contribution in [-0.4, -0.2) is 34.8 Å². The molecule has 2 heterocycles. The molecular formula is C23H22N4O3. The number of Topliss-reactive ketones (excluding diaryl/α,β-unsaturated/α-hetero) is 1. The minimum atomic E-state index is -0.318. The van der Waals surface area contributed by atoms with Crippen molar-refractivity contribution in [3.8, 4) is 22.9 Å². The van der Waals surface area contributed by atoms with Crippen molar-refractivity contribution in [2.75, 3.05) is 19.5 Å². The normalized spacial score (nSPS) is 17.8. The van der Waals surface area contributed by atoms with Crippen molar-refractivity contribution in [1.82, 2.24) is 14.8 Å². The smallest absolute Gasteiger partial charge is 0.226 e. The van der Waals surface area contributed by atoms with E-state index in [1.165, 1.54) is 0 Å². The predicted molar refractivity (Wildman–Crippen MR) is 113 cm³/mol. The van der Waals surface area contributed by atoms with Gasteiger partial charge in [-0.25, -0.2) is 4.68 Å². The first kappa shape index (κ1) is 18.4. The first-order valence-corrected chi connectivity index (χ1v) is 9.96. The Labute approximate surface area is 174 Å². The molecule has 1 N–H and O–H groups in total. The van der Waals surface area contributed by atoms with Crippen molar-refractivity contribution in [2.24, 2.45) is 0 Å². The molecule has 1 aliphatic heterocycles. The summed E-state index contributed by atoms with van der Waals surface area (Å²) < 4.78 is 12.5. The van der Waals surface area contributed by atoms with Crippen LogP contribution in [0.3, 0.4) is 0 Å². The molecule has 1 aliphatic carbocycles. The number of anilines is 1. The molecule has 30 heavy (non-hydrogen) atoms. The fourth-order valence-electron chi connectivity index (χ4n) is 4.14. The van der Waals surface area contributed by atoms with Crippen molar-refractivity contribution in [3.63, 3.8) is 0 Å². The molecule has 0 unspecified atom stereocenters. The molecular weight excluding hydrogens is 380 g/mol. The molecule has 7 heteroatoms. The number of methoxy groups -OCH3 is 2. The number of carbonyl (C=O) groups is 1. The summed E-state index contributed by atoms with van der Waals surface area (Å²) in [6.07, 6.45) is 2.23. The van der Waals surface area contributed by atoms with Gasteiger partial charge in [-0.05, 0) is 42.7 Å². The van der Waals surface area contributed by atoms with Crippen LogP contribution in [-0.2, 0) is 4.79 Å². The van der Waals surface area contributed by atoms with Gasteiger partial charge in [-0.15, -0.1) is 5.10 Å². The molecule has 0 amide bonds. The third-order valence-corrected chi connectivity index (χ3v) is 5.63. The van der Waals surface area contributed by atoms with Crippen molar-refractivity contribution in [2.45, 2.75) is 25.3 Å². The number of nitrogens with zero attached hydrogens (tertiary/aromatic N) is 3. The number of hydrogen-bond donors (Lipinski definition) is 1. The number of carbonyl (C=O) groups excluding carboxylic acids is 1. The lowest BCUT2D eigenvalue weighted by Crippen LogP contribution is -2.31. The first-order valence-electron chi connectivity index (χ1n) is 9.96. The lowest BCUT2D eigenvalue weighted by molar-refractivity contribution is -0.116. The van der Waals surface area contributed by atoms with Gasteiger partial charge in [0.2, 0.25) is 5.95 Å². The molecule has 0 radical (unpaired) electrons. The summed E-state index contributed by atoms with van der Waals surface area (Å²) in [4.78, 5) is 17.6. The zero-order valence-corrected chi connectivity index (χ0v) is 16.9. The van der Waals surface area contributed by atoms with Crippen molar-refractivity contribution >= 4 is 11.7 Å². The second-order valence-electron chi connectivity index (χ2n) is 7.41. The van der Waals surface area contributed by atoms with Crippen LogP contribution in [0, 0.1) is 0 Å². The fourth-order valence-corrected chi connectivity index (χ4v) is 4.14. The van der Waals surface area contributed by atoms with Gasteiger partial charge >= 0.3 is 0 Å². The van der Waals surface area contributed by atoms with Gasteiger partial charge in [0.05, 0.1) is 14.2 Å². The van der Waals surface area contributed by atoms with Gasteiger partial charge in [0, 0.05) is 23.3 Å². The Morgan fingerprint density at radius 1 is 1.03 bits per heavy atom. The van der Waals surface area contributed by atoms with Crippen LogP contribution in [0.5, 0.6) is 11.5 Å². The van der Waals surface area contributed by atoms with Crippen molar-refractivity contribution in [1.29, 1.82) is 0 Å². The Bertz CT molecular complexity index is 1150. The molecule has 3 aromatic rings. The Kier molecular flexibility index (Phi) is 4.50. The van der Waals surface area contributed by atoms with E-state index in [-0.39, 0.29) is 11.8 Å². The number of rotatable bonds is 4. The number of nitrogens with one attached hydrogen (secondary N) is 1. The van der Waals surface area contributed by atoms with E-state index in [9.17, 15) is 4.79 Å². The molecule has 7 nitrogen and oxygen atoms in total. The Morgan fingerprint density at radius 3 is 2.60 bits per heavy atom. The van der Waals surface area contributed by atoms with Gasteiger partial charge in [-0.3, -0.25) is 4.79 Å². The first-order chi connectivity index (χ1) is 14.7. The third-order valence-electron chi connectivity index (χ3n) is 5.63. The molecule has 0 bridgehead atoms. The Hall–Kier alpha value is -3.61. The highest BCUT2D eigenvalue weighted by atomic mass is 16.5. The SMILES string of the molecule is COc1ccc([C@H]2C3=C(CCCC3=O)Nc3nc(-c4cccc(OC)c4)nn32)cc1. The number of benzene rings is 2. The van der Waals surface area contributed by atoms with Crippen LogP contribution < -0.4 is 14.8 Å². The monoisotopic (exact) mass is 402 g/mol. The topological polar surface area (TPSA) is 78.3 Å². The average Bonchev–Trinajstić information content (AvgIpc) is 3.22. The summed E-state index contributed by atoms with van der Waals surface area (Å²) in [5.74, 6) is 2.90. The van der Waals surface area contributed by atoms with Gasteiger partial charge < -0.3 is 14.8 Å².